The molecule has 3 heterocycles. The minimum atomic E-state index is -0.461. The summed E-state index contributed by atoms with van der Waals surface area (Å²) in [6.45, 7) is 0.576. The summed E-state index contributed by atoms with van der Waals surface area (Å²) < 4.78 is 0. The molecule has 27 heavy (non-hydrogen) atoms. The van der Waals surface area contributed by atoms with Gasteiger partial charge >= 0.3 is 0 Å². The van der Waals surface area contributed by atoms with Gasteiger partial charge in [-0.05, 0) is 25.0 Å². The largest absolute Gasteiger partial charge is 0.327 e. The number of amides is 2. The molecule has 1 saturated heterocycles. The summed E-state index contributed by atoms with van der Waals surface area (Å²) >= 11 is 1.36. The summed E-state index contributed by atoms with van der Waals surface area (Å²) in [6.07, 6.45) is 8.14. The number of para-hydroxylation sites is 1. The topological polar surface area (TPSA) is 75.2 Å². The Morgan fingerprint density at radius 2 is 2.07 bits per heavy atom. The standard InChI is InChI=1S/C20H18N4O2S/c25-17(9-8-15-5-1-4-14-6-2-10-21-18(14)15)24-12-3-7-16(24)19(26)23-20-22-11-13-27-20/h1-2,4-6,8-11,13,16H,3,7,12H2,(H,22,23,26)/b9-8+/t16-/m0/s1. The Bertz CT molecular complexity index is 995. The molecule has 0 unspecified atom stereocenters. The third-order valence-corrected chi connectivity index (χ3v) is 5.26. The summed E-state index contributed by atoms with van der Waals surface area (Å²) in [4.78, 5) is 35.3. The first-order valence-corrected chi connectivity index (χ1v) is 9.63. The van der Waals surface area contributed by atoms with Crippen molar-refractivity contribution in [1.29, 1.82) is 0 Å². The molecular weight excluding hydrogens is 360 g/mol. The van der Waals surface area contributed by atoms with Crippen LogP contribution in [0.5, 0.6) is 0 Å². The van der Waals surface area contributed by atoms with Gasteiger partial charge in [-0.15, -0.1) is 11.3 Å². The second kappa shape index (κ2) is 7.67. The average Bonchev–Trinajstić information content (AvgIpc) is 3.38. The number of anilines is 1. The molecule has 2 amide bonds. The molecule has 0 bridgehead atoms. The Hall–Kier alpha value is -3.06. The molecule has 6 nitrogen and oxygen atoms in total. The first-order valence-electron chi connectivity index (χ1n) is 8.75. The van der Waals surface area contributed by atoms with Gasteiger partial charge in [0.1, 0.15) is 6.04 Å². The number of thiazole rings is 1. The highest BCUT2D eigenvalue weighted by molar-refractivity contribution is 7.13. The van der Waals surface area contributed by atoms with Crippen LogP contribution in [0.3, 0.4) is 0 Å². The molecule has 0 aliphatic carbocycles. The lowest BCUT2D eigenvalue weighted by atomic mass is 10.1. The molecule has 1 aliphatic heterocycles. The molecule has 0 saturated carbocycles. The molecule has 2 aromatic heterocycles. The smallest absolute Gasteiger partial charge is 0.248 e. The monoisotopic (exact) mass is 378 g/mol. The molecule has 3 aromatic rings. The van der Waals surface area contributed by atoms with E-state index in [1.54, 1.807) is 28.7 Å². The van der Waals surface area contributed by atoms with Gasteiger partial charge in [-0.3, -0.25) is 14.6 Å². The van der Waals surface area contributed by atoms with Crippen LogP contribution in [0.25, 0.3) is 17.0 Å². The number of nitrogens with one attached hydrogen (secondary N) is 1. The fraction of sp³-hybridized carbons (Fsp3) is 0.200. The Morgan fingerprint density at radius 3 is 2.93 bits per heavy atom. The minimum Gasteiger partial charge on any atom is -0.327 e. The van der Waals surface area contributed by atoms with Crippen LogP contribution in [0.2, 0.25) is 0 Å². The van der Waals surface area contributed by atoms with E-state index in [1.807, 2.05) is 30.3 Å². The lowest BCUT2D eigenvalue weighted by Crippen LogP contribution is -2.42. The summed E-state index contributed by atoms with van der Waals surface area (Å²) in [6, 6.07) is 9.26. The van der Waals surface area contributed by atoms with Crippen LogP contribution in [-0.2, 0) is 9.59 Å². The molecule has 1 atom stereocenters. The van der Waals surface area contributed by atoms with Crippen molar-refractivity contribution < 1.29 is 9.59 Å². The van der Waals surface area contributed by atoms with Crippen LogP contribution >= 0.6 is 11.3 Å². The van der Waals surface area contributed by atoms with Gasteiger partial charge < -0.3 is 10.2 Å². The van der Waals surface area contributed by atoms with Gasteiger partial charge in [-0.2, -0.15) is 0 Å². The molecule has 7 heteroatoms. The maximum absolute atomic E-state index is 12.7. The van der Waals surface area contributed by atoms with Crippen LogP contribution in [0, 0.1) is 0 Å². The lowest BCUT2D eigenvalue weighted by Gasteiger charge is -2.22. The molecule has 0 spiro atoms. The van der Waals surface area contributed by atoms with Crippen molar-refractivity contribution in [2.45, 2.75) is 18.9 Å². The van der Waals surface area contributed by atoms with E-state index in [0.29, 0.717) is 18.1 Å². The molecular formula is C20H18N4O2S. The highest BCUT2D eigenvalue weighted by Gasteiger charge is 2.33. The second-order valence-electron chi connectivity index (χ2n) is 6.27. The zero-order valence-corrected chi connectivity index (χ0v) is 15.4. The fourth-order valence-corrected chi connectivity index (χ4v) is 3.83. The normalized spacial score (nSPS) is 16.9. The number of hydrogen-bond donors (Lipinski definition) is 1. The summed E-state index contributed by atoms with van der Waals surface area (Å²) in [7, 11) is 0. The predicted molar refractivity (Wildman–Crippen MR) is 106 cm³/mol. The number of rotatable bonds is 4. The molecule has 4 rings (SSSR count). The van der Waals surface area contributed by atoms with Gasteiger partial charge in [-0.1, -0.05) is 24.3 Å². The SMILES string of the molecule is O=C(Nc1nccs1)[C@@H]1CCCN1C(=O)/C=C/c1cccc2cccnc12. The van der Waals surface area contributed by atoms with E-state index in [4.69, 9.17) is 0 Å². The maximum atomic E-state index is 12.7. The Morgan fingerprint density at radius 1 is 1.19 bits per heavy atom. The number of carbonyl (C=O) groups excluding carboxylic acids is 2. The summed E-state index contributed by atoms with van der Waals surface area (Å²) in [5.41, 5.74) is 1.73. The number of fused-ring (bicyclic) bond motifs is 1. The van der Waals surface area contributed by atoms with E-state index in [0.717, 1.165) is 22.9 Å². The molecule has 1 fully saturated rings. The predicted octanol–water partition coefficient (Wildman–Crippen LogP) is 3.33. The number of nitrogens with zero attached hydrogens (tertiary/aromatic N) is 3. The third kappa shape index (κ3) is 3.73. The number of carbonyl (C=O) groups is 2. The van der Waals surface area contributed by atoms with Gasteiger partial charge in [0.05, 0.1) is 5.52 Å². The van der Waals surface area contributed by atoms with Crippen molar-refractivity contribution in [2.24, 2.45) is 0 Å². The molecule has 1 aliphatic rings. The van der Waals surface area contributed by atoms with Crippen LogP contribution < -0.4 is 5.32 Å². The number of benzene rings is 1. The van der Waals surface area contributed by atoms with E-state index in [1.165, 1.54) is 17.4 Å². The minimum absolute atomic E-state index is 0.167. The Kier molecular flexibility index (Phi) is 4.93. The zero-order valence-electron chi connectivity index (χ0n) is 14.5. The number of aromatic nitrogens is 2. The van der Waals surface area contributed by atoms with Gasteiger partial charge in [0.15, 0.2) is 5.13 Å². The second-order valence-corrected chi connectivity index (χ2v) is 7.17. The first-order chi connectivity index (χ1) is 13.2. The molecule has 1 aromatic carbocycles. The van der Waals surface area contributed by atoms with E-state index in [2.05, 4.69) is 15.3 Å². The average molecular weight is 378 g/mol. The Balaban J connectivity index is 1.49. The van der Waals surface area contributed by atoms with Crippen molar-refractivity contribution in [3.8, 4) is 0 Å². The fourth-order valence-electron chi connectivity index (χ4n) is 3.30. The third-order valence-electron chi connectivity index (χ3n) is 4.57. The quantitative estimate of drug-likeness (QED) is 0.707. The van der Waals surface area contributed by atoms with Gasteiger partial charge in [0, 0.05) is 41.3 Å². The van der Waals surface area contributed by atoms with E-state index in [-0.39, 0.29) is 11.8 Å². The van der Waals surface area contributed by atoms with Crippen molar-refractivity contribution in [2.75, 3.05) is 11.9 Å². The van der Waals surface area contributed by atoms with Crippen molar-refractivity contribution >= 4 is 45.3 Å². The van der Waals surface area contributed by atoms with Crippen LogP contribution in [-0.4, -0.2) is 39.3 Å². The van der Waals surface area contributed by atoms with Gasteiger partial charge in [-0.25, -0.2) is 4.98 Å². The van der Waals surface area contributed by atoms with Crippen molar-refractivity contribution in [3.05, 3.63) is 59.7 Å². The van der Waals surface area contributed by atoms with Gasteiger partial charge in [0.25, 0.3) is 0 Å². The Labute approximate surface area is 160 Å². The molecule has 136 valence electrons. The molecule has 1 N–H and O–H groups in total. The van der Waals surface area contributed by atoms with Crippen molar-refractivity contribution in [1.82, 2.24) is 14.9 Å². The number of pyridine rings is 1. The van der Waals surface area contributed by atoms with E-state index in [9.17, 15) is 9.59 Å². The lowest BCUT2D eigenvalue weighted by molar-refractivity contribution is -0.132. The number of hydrogen-bond acceptors (Lipinski definition) is 5. The first kappa shape index (κ1) is 17.4. The highest BCUT2D eigenvalue weighted by Crippen LogP contribution is 2.22. The van der Waals surface area contributed by atoms with Crippen molar-refractivity contribution in [3.63, 3.8) is 0 Å². The summed E-state index contributed by atoms with van der Waals surface area (Å²) in [5.74, 6) is -0.351. The summed E-state index contributed by atoms with van der Waals surface area (Å²) in [5, 5.41) is 6.16. The number of likely N-dealkylation sites (tertiary alicyclic amines) is 1. The van der Waals surface area contributed by atoms with Crippen LogP contribution in [0.1, 0.15) is 18.4 Å². The molecule has 0 radical (unpaired) electrons. The highest BCUT2D eigenvalue weighted by atomic mass is 32.1. The van der Waals surface area contributed by atoms with Gasteiger partial charge in [0.2, 0.25) is 11.8 Å². The van der Waals surface area contributed by atoms with Crippen LogP contribution in [0.15, 0.2) is 54.2 Å². The van der Waals surface area contributed by atoms with Crippen LogP contribution in [0.4, 0.5) is 5.13 Å². The zero-order chi connectivity index (χ0) is 18.6. The van der Waals surface area contributed by atoms with E-state index < -0.39 is 6.04 Å². The van der Waals surface area contributed by atoms with E-state index >= 15 is 0 Å². The maximum Gasteiger partial charge on any atom is 0.248 e.